The summed E-state index contributed by atoms with van der Waals surface area (Å²) in [6.07, 6.45) is 7.82. The van der Waals surface area contributed by atoms with E-state index in [1.807, 2.05) is 13.1 Å². The van der Waals surface area contributed by atoms with E-state index in [4.69, 9.17) is 5.11 Å². The zero-order chi connectivity index (χ0) is 12.3. The van der Waals surface area contributed by atoms with E-state index in [1.54, 1.807) is 12.3 Å². The lowest BCUT2D eigenvalue weighted by atomic mass is 9.94. The van der Waals surface area contributed by atoms with Crippen molar-refractivity contribution in [3.05, 3.63) is 24.0 Å². The number of carboxylic acid groups (broad SMARTS) is 1. The minimum Gasteiger partial charge on any atom is -0.477 e. The molecule has 0 bridgehead atoms. The number of aromatic carboxylic acids is 1. The van der Waals surface area contributed by atoms with Gasteiger partial charge in [0.25, 0.3) is 0 Å². The fourth-order valence-corrected chi connectivity index (χ4v) is 2.43. The van der Waals surface area contributed by atoms with Gasteiger partial charge in [0.05, 0.1) is 0 Å². The Morgan fingerprint density at radius 2 is 2.12 bits per heavy atom. The molecule has 1 fully saturated rings. The summed E-state index contributed by atoms with van der Waals surface area (Å²) in [6, 6.07) is 4.06. The van der Waals surface area contributed by atoms with Crippen LogP contribution in [0.4, 0.5) is 5.69 Å². The Hall–Kier alpha value is -1.58. The third kappa shape index (κ3) is 2.75. The van der Waals surface area contributed by atoms with Crippen molar-refractivity contribution >= 4 is 11.7 Å². The number of aromatic nitrogens is 1. The minimum absolute atomic E-state index is 0.116. The number of carboxylic acids is 1. The SMILES string of the molecule is CN(c1ccnc(C(=O)O)c1)C1CCCCC1. The number of rotatable bonds is 3. The van der Waals surface area contributed by atoms with Crippen LogP contribution in [0.3, 0.4) is 0 Å². The lowest BCUT2D eigenvalue weighted by molar-refractivity contribution is 0.0690. The van der Waals surface area contributed by atoms with E-state index in [0.29, 0.717) is 6.04 Å². The van der Waals surface area contributed by atoms with Crippen molar-refractivity contribution in [3.8, 4) is 0 Å². The van der Waals surface area contributed by atoms with Gasteiger partial charge in [0.2, 0.25) is 0 Å². The van der Waals surface area contributed by atoms with Crippen molar-refractivity contribution in [1.29, 1.82) is 0 Å². The van der Waals surface area contributed by atoms with Crippen molar-refractivity contribution in [2.75, 3.05) is 11.9 Å². The first kappa shape index (κ1) is 11.9. The van der Waals surface area contributed by atoms with Crippen LogP contribution in [0.1, 0.15) is 42.6 Å². The van der Waals surface area contributed by atoms with Gasteiger partial charge in [-0.25, -0.2) is 9.78 Å². The first-order valence-corrected chi connectivity index (χ1v) is 6.10. The molecule has 0 aliphatic heterocycles. The monoisotopic (exact) mass is 234 g/mol. The van der Waals surface area contributed by atoms with Gasteiger partial charge in [-0.3, -0.25) is 0 Å². The molecule has 0 aromatic carbocycles. The zero-order valence-electron chi connectivity index (χ0n) is 10.1. The van der Waals surface area contributed by atoms with Gasteiger partial charge in [0.1, 0.15) is 5.69 Å². The Bertz CT molecular complexity index is 400. The standard InChI is InChI=1S/C13H18N2O2/c1-15(10-5-3-2-4-6-10)11-7-8-14-12(9-11)13(16)17/h7-10H,2-6H2,1H3,(H,16,17). The van der Waals surface area contributed by atoms with Gasteiger partial charge in [-0.05, 0) is 25.0 Å². The maximum absolute atomic E-state index is 10.9. The lowest BCUT2D eigenvalue weighted by Crippen LogP contribution is -2.33. The van der Waals surface area contributed by atoms with Crippen molar-refractivity contribution < 1.29 is 9.90 Å². The van der Waals surface area contributed by atoms with Crippen LogP contribution in [-0.2, 0) is 0 Å². The summed E-state index contributed by atoms with van der Waals surface area (Å²) in [6.45, 7) is 0. The predicted molar refractivity (Wildman–Crippen MR) is 66.5 cm³/mol. The molecule has 17 heavy (non-hydrogen) atoms. The van der Waals surface area contributed by atoms with E-state index >= 15 is 0 Å². The van der Waals surface area contributed by atoms with Crippen molar-refractivity contribution in [1.82, 2.24) is 4.98 Å². The van der Waals surface area contributed by atoms with E-state index in [1.165, 1.54) is 32.1 Å². The first-order valence-electron chi connectivity index (χ1n) is 6.10. The van der Waals surface area contributed by atoms with Gasteiger partial charge >= 0.3 is 5.97 Å². The second-order valence-corrected chi connectivity index (χ2v) is 4.61. The highest BCUT2D eigenvalue weighted by atomic mass is 16.4. The molecule has 0 saturated heterocycles. The Balaban J connectivity index is 2.14. The Kier molecular flexibility index (Phi) is 3.61. The maximum Gasteiger partial charge on any atom is 0.354 e. The topological polar surface area (TPSA) is 53.4 Å². The van der Waals surface area contributed by atoms with Gasteiger partial charge in [0, 0.05) is 25.0 Å². The van der Waals surface area contributed by atoms with Crippen molar-refractivity contribution in [3.63, 3.8) is 0 Å². The fraction of sp³-hybridized carbons (Fsp3) is 0.538. The molecule has 4 heteroatoms. The summed E-state index contributed by atoms with van der Waals surface area (Å²) in [5, 5.41) is 8.92. The van der Waals surface area contributed by atoms with Crippen LogP contribution >= 0.6 is 0 Å². The average molecular weight is 234 g/mol. The molecule has 1 aromatic rings. The van der Waals surface area contributed by atoms with Crippen LogP contribution in [0, 0.1) is 0 Å². The van der Waals surface area contributed by atoms with Crippen LogP contribution in [0.5, 0.6) is 0 Å². The number of anilines is 1. The van der Waals surface area contributed by atoms with Gasteiger partial charge in [-0.15, -0.1) is 0 Å². The highest BCUT2D eigenvalue weighted by Crippen LogP contribution is 2.26. The van der Waals surface area contributed by atoms with E-state index in [2.05, 4.69) is 9.88 Å². The second-order valence-electron chi connectivity index (χ2n) is 4.61. The average Bonchev–Trinajstić information content (AvgIpc) is 2.39. The third-order valence-corrected chi connectivity index (χ3v) is 3.49. The second kappa shape index (κ2) is 5.17. The molecule has 0 unspecified atom stereocenters. The number of carbonyl (C=O) groups is 1. The molecule has 0 spiro atoms. The van der Waals surface area contributed by atoms with Crippen LogP contribution in [0.2, 0.25) is 0 Å². The van der Waals surface area contributed by atoms with Crippen molar-refractivity contribution in [2.24, 2.45) is 0 Å². The van der Waals surface area contributed by atoms with E-state index in [0.717, 1.165) is 5.69 Å². The summed E-state index contributed by atoms with van der Waals surface area (Å²) in [7, 11) is 2.04. The van der Waals surface area contributed by atoms with E-state index in [-0.39, 0.29) is 5.69 Å². The highest BCUT2D eigenvalue weighted by Gasteiger charge is 2.19. The molecule has 0 amide bonds. The number of hydrogen-bond acceptors (Lipinski definition) is 3. The van der Waals surface area contributed by atoms with E-state index in [9.17, 15) is 4.79 Å². The van der Waals surface area contributed by atoms with Gasteiger partial charge in [-0.2, -0.15) is 0 Å². The molecule has 0 radical (unpaired) electrons. The molecule has 1 aromatic heterocycles. The number of pyridine rings is 1. The fourth-order valence-electron chi connectivity index (χ4n) is 2.43. The van der Waals surface area contributed by atoms with Crippen LogP contribution in [0.25, 0.3) is 0 Å². The molecule has 4 nitrogen and oxygen atoms in total. The molecular weight excluding hydrogens is 216 g/mol. The van der Waals surface area contributed by atoms with Gasteiger partial charge in [-0.1, -0.05) is 19.3 Å². The molecule has 0 atom stereocenters. The molecule has 1 N–H and O–H groups in total. The highest BCUT2D eigenvalue weighted by molar-refractivity contribution is 5.86. The Morgan fingerprint density at radius 1 is 1.41 bits per heavy atom. The quantitative estimate of drug-likeness (QED) is 0.873. The van der Waals surface area contributed by atoms with Crippen LogP contribution < -0.4 is 4.90 Å². The summed E-state index contributed by atoms with van der Waals surface area (Å²) in [4.78, 5) is 16.9. The van der Waals surface area contributed by atoms with Crippen LogP contribution in [-0.4, -0.2) is 29.1 Å². The minimum atomic E-state index is -0.969. The summed E-state index contributed by atoms with van der Waals surface area (Å²) in [5.41, 5.74) is 1.06. The van der Waals surface area contributed by atoms with Crippen LogP contribution in [0.15, 0.2) is 18.3 Å². The molecule has 1 aliphatic carbocycles. The predicted octanol–water partition coefficient (Wildman–Crippen LogP) is 2.55. The summed E-state index contributed by atoms with van der Waals surface area (Å²) >= 11 is 0. The molecule has 1 aliphatic rings. The van der Waals surface area contributed by atoms with Gasteiger partial charge < -0.3 is 10.0 Å². The zero-order valence-corrected chi connectivity index (χ0v) is 10.1. The normalized spacial score (nSPS) is 16.8. The maximum atomic E-state index is 10.9. The van der Waals surface area contributed by atoms with E-state index < -0.39 is 5.97 Å². The molecular formula is C13H18N2O2. The molecule has 1 heterocycles. The number of nitrogens with zero attached hydrogens (tertiary/aromatic N) is 2. The smallest absolute Gasteiger partial charge is 0.354 e. The van der Waals surface area contributed by atoms with Gasteiger partial charge in [0.15, 0.2) is 0 Å². The molecule has 1 saturated carbocycles. The van der Waals surface area contributed by atoms with Crippen molar-refractivity contribution in [2.45, 2.75) is 38.1 Å². The largest absolute Gasteiger partial charge is 0.477 e. The number of hydrogen-bond donors (Lipinski definition) is 1. The lowest BCUT2D eigenvalue weighted by Gasteiger charge is -2.32. The molecule has 92 valence electrons. The summed E-state index contributed by atoms with van der Waals surface area (Å²) < 4.78 is 0. The molecule has 2 rings (SSSR count). The third-order valence-electron chi connectivity index (χ3n) is 3.49. The summed E-state index contributed by atoms with van der Waals surface area (Å²) in [5.74, 6) is -0.969. The Labute approximate surface area is 101 Å². The Morgan fingerprint density at radius 3 is 2.76 bits per heavy atom. The first-order chi connectivity index (χ1) is 8.18.